The van der Waals surface area contributed by atoms with Gasteiger partial charge in [-0.1, -0.05) is 22.3 Å². The highest BCUT2D eigenvalue weighted by Gasteiger charge is 2.48. The van der Waals surface area contributed by atoms with Crippen molar-refractivity contribution in [3.63, 3.8) is 0 Å². The highest BCUT2D eigenvalue weighted by Crippen LogP contribution is 2.49. The summed E-state index contributed by atoms with van der Waals surface area (Å²) >= 11 is 0. The van der Waals surface area contributed by atoms with Crippen molar-refractivity contribution >= 4 is 0 Å². The van der Waals surface area contributed by atoms with E-state index in [0.717, 1.165) is 11.8 Å². The van der Waals surface area contributed by atoms with Crippen LogP contribution in [-0.4, -0.2) is 32.6 Å². The Morgan fingerprint density at radius 2 is 1.04 bits per heavy atom. The molecule has 4 fully saturated rings. The van der Waals surface area contributed by atoms with Gasteiger partial charge in [-0.25, -0.2) is 0 Å². The summed E-state index contributed by atoms with van der Waals surface area (Å²) in [6, 6.07) is 0. The van der Waals surface area contributed by atoms with Crippen molar-refractivity contribution in [1.29, 1.82) is 0 Å². The lowest BCUT2D eigenvalue weighted by molar-refractivity contribution is -0.532. The second-order valence-corrected chi connectivity index (χ2v) is 9.02. The zero-order valence-electron chi connectivity index (χ0n) is 14.9. The minimum atomic E-state index is -1.22. The molecule has 6 aliphatic rings. The van der Waals surface area contributed by atoms with Crippen molar-refractivity contribution < 1.29 is 18.9 Å². The smallest absolute Gasteiger partial charge is 0.303 e. The Morgan fingerprint density at radius 3 is 1.36 bits per heavy atom. The fraction of sp³-hybridized carbons (Fsp3) is 0.810. The Kier molecular flexibility index (Phi) is 3.48. The van der Waals surface area contributed by atoms with Crippen LogP contribution in [0.2, 0.25) is 0 Å². The van der Waals surface area contributed by atoms with Gasteiger partial charge < -0.3 is 18.9 Å². The molecule has 1 spiro atoms. The quantitative estimate of drug-likeness (QED) is 0.712. The van der Waals surface area contributed by atoms with E-state index in [1.165, 1.54) is 51.4 Å². The third-order valence-electron chi connectivity index (χ3n) is 7.54. The molecule has 2 atom stereocenters. The molecule has 4 aliphatic carbocycles. The number of hydrogen-bond acceptors (Lipinski definition) is 4. The molecule has 4 nitrogen and oxygen atoms in total. The SMILES string of the molecule is C1CC2CC1=C(C1COC3(OC1)OCC(C1=C4CCC(C4)C1)CO3)C2. The van der Waals surface area contributed by atoms with Gasteiger partial charge in [-0.3, -0.25) is 0 Å². The van der Waals surface area contributed by atoms with Crippen LogP contribution in [0.25, 0.3) is 0 Å². The van der Waals surface area contributed by atoms with Gasteiger partial charge in [0.05, 0.1) is 26.4 Å². The summed E-state index contributed by atoms with van der Waals surface area (Å²) in [6.07, 6.45) is 9.34. The molecule has 2 saturated carbocycles. The lowest BCUT2D eigenvalue weighted by Crippen LogP contribution is -2.53. The summed E-state index contributed by atoms with van der Waals surface area (Å²) in [7, 11) is 0. The maximum Gasteiger partial charge on any atom is 0.412 e. The predicted octanol–water partition coefficient (Wildman–Crippen LogP) is 3.92. The van der Waals surface area contributed by atoms with Gasteiger partial charge in [0.2, 0.25) is 0 Å². The first-order valence-corrected chi connectivity index (χ1v) is 10.3. The van der Waals surface area contributed by atoms with E-state index in [-0.39, 0.29) is 0 Å². The molecule has 2 heterocycles. The van der Waals surface area contributed by atoms with Gasteiger partial charge in [0.15, 0.2) is 0 Å². The van der Waals surface area contributed by atoms with Crippen LogP contribution in [0.1, 0.15) is 51.4 Å². The second-order valence-electron chi connectivity index (χ2n) is 9.02. The molecule has 6 rings (SSSR count). The molecule has 0 aromatic carbocycles. The third-order valence-corrected chi connectivity index (χ3v) is 7.54. The fourth-order valence-corrected chi connectivity index (χ4v) is 6.17. The van der Waals surface area contributed by atoms with Gasteiger partial charge in [-0.2, -0.15) is 0 Å². The summed E-state index contributed by atoms with van der Waals surface area (Å²) < 4.78 is 24.0. The van der Waals surface area contributed by atoms with E-state index in [1.54, 1.807) is 22.3 Å². The molecule has 0 amide bonds. The monoisotopic (exact) mass is 344 g/mol. The molecule has 0 aromatic heterocycles. The first-order valence-electron chi connectivity index (χ1n) is 10.3. The zero-order chi connectivity index (χ0) is 16.4. The minimum Gasteiger partial charge on any atom is -0.303 e. The molecule has 136 valence electrons. The number of rotatable bonds is 2. The van der Waals surface area contributed by atoms with E-state index in [2.05, 4.69) is 0 Å². The Morgan fingerprint density at radius 1 is 0.600 bits per heavy atom. The van der Waals surface area contributed by atoms with E-state index >= 15 is 0 Å². The summed E-state index contributed by atoms with van der Waals surface area (Å²) in [4.78, 5) is 0. The highest BCUT2D eigenvalue weighted by atomic mass is 17.0. The molecule has 2 saturated heterocycles. The van der Waals surface area contributed by atoms with E-state index in [1.807, 2.05) is 0 Å². The van der Waals surface area contributed by atoms with E-state index in [9.17, 15) is 0 Å². The second kappa shape index (κ2) is 5.66. The van der Waals surface area contributed by atoms with Crippen LogP contribution in [0.4, 0.5) is 0 Å². The van der Waals surface area contributed by atoms with Gasteiger partial charge in [0.25, 0.3) is 0 Å². The molecule has 0 aromatic rings. The topological polar surface area (TPSA) is 36.9 Å². The molecular formula is C21H28O4. The standard InChI is InChI=1S/C21H28O4/c1-3-15-5-13(1)7-19(15)17-9-22-21(23-10-17)24-11-18(12-25-21)20-8-14-2-4-16(20)6-14/h13-14,17-18H,1-12H2. The first-order chi connectivity index (χ1) is 12.3. The van der Waals surface area contributed by atoms with Crippen LogP contribution in [-0.2, 0) is 18.9 Å². The maximum atomic E-state index is 6.00. The van der Waals surface area contributed by atoms with Gasteiger partial charge >= 0.3 is 6.16 Å². The number of fused-ring (bicyclic) bond motifs is 4. The molecule has 0 N–H and O–H groups in total. The lowest BCUT2D eigenvalue weighted by Gasteiger charge is -2.43. The largest absolute Gasteiger partial charge is 0.412 e. The molecule has 4 heteroatoms. The summed E-state index contributed by atoms with van der Waals surface area (Å²) in [6.45, 7) is 2.69. The Labute approximate surface area is 149 Å². The molecule has 0 radical (unpaired) electrons. The molecule has 4 bridgehead atoms. The maximum absolute atomic E-state index is 6.00. The summed E-state index contributed by atoms with van der Waals surface area (Å²) in [5.74, 6) is 2.62. The highest BCUT2D eigenvalue weighted by molar-refractivity contribution is 5.29. The number of hydrogen-bond donors (Lipinski definition) is 0. The third kappa shape index (κ3) is 2.48. The number of ether oxygens (including phenoxy) is 4. The zero-order valence-corrected chi connectivity index (χ0v) is 14.9. The average Bonchev–Trinajstić information content (AvgIpc) is 3.44. The van der Waals surface area contributed by atoms with E-state index < -0.39 is 6.16 Å². The van der Waals surface area contributed by atoms with Crippen LogP contribution < -0.4 is 0 Å². The van der Waals surface area contributed by atoms with Gasteiger partial charge in [0.1, 0.15) is 0 Å². The Bertz CT molecular complexity index is 573. The van der Waals surface area contributed by atoms with Crippen LogP contribution in [0.5, 0.6) is 0 Å². The van der Waals surface area contributed by atoms with Crippen molar-refractivity contribution in [2.24, 2.45) is 23.7 Å². The minimum absolute atomic E-state index is 0.409. The van der Waals surface area contributed by atoms with E-state index in [0.29, 0.717) is 38.3 Å². The molecule has 2 unspecified atom stereocenters. The average molecular weight is 344 g/mol. The van der Waals surface area contributed by atoms with E-state index in [4.69, 9.17) is 18.9 Å². The van der Waals surface area contributed by atoms with Crippen LogP contribution in [0.3, 0.4) is 0 Å². The van der Waals surface area contributed by atoms with Crippen LogP contribution >= 0.6 is 0 Å². The lowest BCUT2D eigenvalue weighted by atomic mass is 9.89. The Balaban J connectivity index is 1.08. The van der Waals surface area contributed by atoms with Gasteiger partial charge in [-0.05, 0) is 63.2 Å². The van der Waals surface area contributed by atoms with Gasteiger partial charge in [-0.15, -0.1) is 0 Å². The molecule has 25 heavy (non-hydrogen) atoms. The molecule has 2 aliphatic heterocycles. The number of allylic oxidation sites excluding steroid dienone is 2. The first kappa shape index (κ1) is 15.4. The van der Waals surface area contributed by atoms with Crippen molar-refractivity contribution in [2.75, 3.05) is 26.4 Å². The van der Waals surface area contributed by atoms with Crippen molar-refractivity contribution in [3.8, 4) is 0 Å². The van der Waals surface area contributed by atoms with Gasteiger partial charge in [0, 0.05) is 11.8 Å². The Hall–Kier alpha value is -0.680. The van der Waals surface area contributed by atoms with Crippen LogP contribution in [0.15, 0.2) is 22.3 Å². The summed E-state index contributed by atoms with van der Waals surface area (Å²) in [5.41, 5.74) is 6.62. The van der Waals surface area contributed by atoms with Crippen molar-refractivity contribution in [3.05, 3.63) is 22.3 Å². The fourth-order valence-electron chi connectivity index (χ4n) is 6.17. The molecular weight excluding hydrogens is 316 g/mol. The normalized spacial score (nSPS) is 46.1. The predicted molar refractivity (Wildman–Crippen MR) is 91.5 cm³/mol. The van der Waals surface area contributed by atoms with Crippen LogP contribution in [0, 0.1) is 23.7 Å². The van der Waals surface area contributed by atoms with Crippen molar-refractivity contribution in [2.45, 2.75) is 57.5 Å². The van der Waals surface area contributed by atoms with Crippen molar-refractivity contribution in [1.82, 2.24) is 0 Å². The summed E-state index contributed by atoms with van der Waals surface area (Å²) in [5, 5.41) is 0.